The van der Waals surface area contributed by atoms with Gasteiger partial charge in [-0.15, -0.1) is 0 Å². The molecule has 1 aromatic carbocycles. The second-order valence-corrected chi connectivity index (χ2v) is 10.0. The van der Waals surface area contributed by atoms with Crippen LogP contribution in [0.4, 0.5) is 5.69 Å². The zero-order valence-corrected chi connectivity index (χ0v) is 17.9. The van der Waals surface area contributed by atoms with Crippen LogP contribution in [0.2, 0.25) is 0 Å². The van der Waals surface area contributed by atoms with Gasteiger partial charge in [0.1, 0.15) is 5.54 Å². The number of benzene rings is 1. The fourth-order valence-electron chi connectivity index (χ4n) is 4.15. The van der Waals surface area contributed by atoms with Gasteiger partial charge in [-0.05, 0) is 50.3 Å². The number of nitrogens with zero attached hydrogens (tertiary/aromatic N) is 2. The number of nitrogens with one attached hydrogen (secondary N) is 2. The van der Waals surface area contributed by atoms with E-state index in [1.165, 1.54) is 0 Å². The van der Waals surface area contributed by atoms with E-state index in [9.17, 15) is 18.5 Å². The Bertz CT molecular complexity index is 880. The Morgan fingerprint density at radius 3 is 2.45 bits per heavy atom. The lowest BCUT2D eigenvalue weighted by molar-refractivity contribution is -0.121. The molecule has 1 aliphatic heterocycles. The molecule has 1 heterocycles. The van der Waals surface area contributed by atoms with Crippen LogP contribution >= 0.6 is 0 Å². The molecule has 2 fully saturated rings. The van der Waals surface area contributed by atoms with Crippen LogP contribution in [0.15, 0.2) is 23.1 Å². The van der Waals surface area contributed by atoms with Crippen molar-refractivity contribution >= 4 is 21.6 Å². The number of carbonyl (C=O) groups excluding carboxylic acids is 1. The SMILES string of the molecule is Cc1ccc(NCC(=O)NC2(C#N)CCCCC2)cc1S(=O)(=O)N1CCCCC1. The van der Waals surface area contributed by atoms with E-state index < -0.39 is 15.6 Å². The molecule has 0 atom stereocenters. The summed E-state index contributed by atoms with van der Waals surface area (Å²) >= 11 is 0. The lowest BCUT2D eigenvalue weighted by Gasteiger charge is -2.31. The van der Waals surface area contributed by atoms with Crippen molar-refractivity contribution in [1.29, 1.82) is 5.26 Å². The van der Waals surface area contributed by atoms with Gasteiger partial charge in [0.2, 0.25) is 15.9 Å². The maximum Gasteiger partial charge on any atom is 0.243 e. The first-order chi connectivity index (χ1) is 13.9. The Kier molecular flexibility index (Phi) is 6.81. The van der Waals surface area contributed by atoms with Crippen LogP contribution in [0.3, 0.4) is 0 Å². The molecule has 1 saturated heterocycles. The summed E-state index contributed by atoms with van der Waals surface area (Å²) in [5, 5.41) is 15.4. The lowest BCUT2D eigenvalue weighted by Crippen LogP contribution is -2.50. The zero-order chi connectivity index (χ0) is 20.9. The summed E-state index contributed by atoms with van der Waals surface area (Å²) in [5.41, 5.74) is 0.500. The van der Waals surface area contributed by atoms with Crippen LogP contribution in [0.1, 0.15) is 56.9 Å². The minimum absolute atomic E-state index is 0.00427. The minimum atomic E-state index is -3.54. The highest BCUT2D eigenvalue weighted by Crippen LogP contribution is 2.28. The van der Waals surface area contributed by atoms with Gasteiger partial charge in [0.15, 0.2) is 0 Å². The summed E-state index contributed by atoms with van der Waals surface area (Å²) in [4.78, 5) is 12.7. The summed E-state index contributed by atoms with van der Waals surface area (Å²) in [6.45, 7) is 2.89. The molecule has 2 N–H and O–H groups in total. The number of amides is 1. The Morgan fingerprint density at radius 2 is 1.79 bits per heavy atom. The number of rotatable bonds is 6. The molecule has 0 unspecified atom stereocenters. The van der Waals surface area contributed by atoms with E-state index in [4.69, 9.17) is 0 Å². The Morgan fingerprint density at radius 1 is 1.14 bits per heavy atom. The van der Waals surface area contributed by atoms with E-state index >= 15 is 0 Å². The predicted molar refractivity (Wildman–Crippen MR) is 112 cm³/mol. The summed E-state index contributed by atoms with van der Waals surface area (Å²) in [6.07, 6.45) is 7.17. The molecule has 29 heavy (non-hydrogen) atoms. The third-order valence-corrected chi connectivity index (χ3v) is 7.91. The molecule has 1 aromatic rings. The monoisotopic (exact) mass is 418 g/mol. The summed E-state index contributed by atoms with van der Waals surface area (Å²) < 4.78 is 27.6. The van der Waals surface area contributed by atoms with Crippen molar-refractivity contribution in [1.82, 2.24) is 9.62 Å². The molecule has 0 aromatic heterocycles. The van der Waals surface area contributed by atoms with Crippen LogP contribution in [0.5, 0.6) is 0 Å². The number of sulfonamides is 1. The second kappa shape index (κ2) is 9.14. The average molecular weight is 419 g/mol. The van der Waals surface area contributed by atoms with Crippen LogP contribution in [-0.2, 0) is 14.8 Å². The number of hydrogen-bond acceptors (Lipinski definition) is 5. The highest BCUT2D eigenvalue weighted by molar-refractivity contribution is 7.89. The molecule has 158 valence electrons. The molecule has 8 heteroatoms. The Balaban J connectivity index is 1.67. The summed E-state index contributed by atoms with van der Waals surface area (Å²) in [7, 11) is -3.54. The third-order valence-electron chi connectivity index (χ3n) is 5.87. The second-order valence-electron chi connectivity index (χ2n) is 8.10. The van der Waals surface area contributed by atoms with Crippen LogP contribution in [-0.4, -0.2) is 43.8 Å². The Hall–Kier alpha value is -2.11. The van der Waals surface area contributed by atoms with Gasteiger partial charge in [-0.1, -0.05) is 31.7 Å². The molecule has 0 bridgehead atoms. The van der Waals surface area contributed by atoms with Crippen LogP contribution in [0.25, 0.3) is 0 Å². The van der Waals surface area contributed by atoms with Crippen LogP contribution < -0.4 is 10.6 Å². The molecule has 0 spiro atoms. The number of carbonyl (C=O) groups is 1. The molecular formula is C21H30N4O3S. The van der Waals surface area contributed by atoms with Crippen molar-refractivity contribution in [2.24, 2.45) is 0 Å². The van der Waals surface area contributed by atoms with Gasteiger partial charge in [-0.25, -0.2) is 8.42 Å². The fraction of sp³-hybridized carbons (Fsp3) is 0.619. The first-order valence-electron chi connectivity index (χ1n) is 10.4. The van der Waals surface area contributed by atoms with Gasteiger partial charge in [-0.3, -0.25) is 4.79 Å². The number of piperidine rings is 1. The normalized spacial score (nSPS) is 19.9. The smallest absolute Gasteiger partial charge is 0.243 e. The maximum absolute atomic E-state index is 13.0. The molecule has 1 aliphatic carbocycles. The van der Waals surface area contributed by atoms with E-state index in [2.05, 4.69) is 16.7 Å². The molecule has 0 radical (unpaired) electrons. The molecule has 1 amide bonds. The van der Waals surface area contributed by atoms with E-state index in [-0.39, 0.29) is 17.3 Å². The van der Waals surface area contributed by atoms with E-state index in [1.54, 1.807) is 29.4 Å². The molecular weight excluding hydrogens is 388 g/mol. The first kappa shape index (κ1) is 21.6. The fourth-order valence-corrected chi connectivity index (χ4v) is 5.91. The number of hydrogen-bond donors (Lipinski definition) is 2. The highest BCUT2D eigenvalue weighted by Gasteiger charge is 2.33. The van der Waals surface area contributed by atoms with E-state index in [1.807, 2.05) is 0 Å². The topological polar surface area (TPSA) is 102 Å². The van der Waals surface area contributed by atoms with Crippen molar-refractivity contribution in [3.05, 3.63) is 23.8 Å². The summed E-state index contributed by atoms with van der Waals surface area (Å²) in [6, 6.07) is 7.41. The number of aryl methyl sites for hydroxylation is 1. The number of nitriles is 1. The standard InChI is InChI=1S/C21H30N4O3S/c1-17-8-9-18(14-19(17)29(27,28)25-12-6-3-7-13-25)23-15-20(26)24-21(16-22)10-4-2-5-11-21/h8-9,14,23H,2-7,10-13,15H2,1H3,(H,24,26). The van der Waals surface area contributed by atoms with E-state index in [0.717, 1.165) is 38.5 Å². The van der Waals surface area contributed by atoms with Crippen molar-refractivity contribution in [2.75, 3.05) is 25.0 Å². The molecule has 2 aliphatic rings. The van der Waals surface area contributed by atoms with Gasteiger partial charge < -0.3 is 10.6 Å². The van der Waals surface area contributed by atoms with Crippen molar-refractivity contribution < 1.29 is 13.2 Å². The van der Waals surface area contributed by atoms with Gasteiger partial charge in [0.25, 0.3) is 0 Å². The Labute approximate surface area is 173 Å². The van der Waals surface area contributed by atoms with E-state index in [0.29, 0.717) is 37.2 Å². The highest BCUT2D eigenvalue weighted by atomic mass is 32.2. The largest absolute Gasteiger partial charge is 0.376 e. The third kappa shape index (κ3) is 5.09. The van der Waals surface area contributed by atoms with Gasteiger partial charge >= 0.3 is 0 Å². The van der Waals surface area contributed by atoms with Crippen LogP contribution in [0, 0.1) is 18.3 Å². The van der Waals surface area contributed by atoms with Gasteiger partial charge in [-0.2, -0.15) is 9.57 Å². The summed E-state index contributed by atoms with van der Waals surface area (Å²) in [5.74, 6) is -0.255. The quantitative estimate of drug-likeness (QED) is 0.739. The molecule has 3 rings (SSSR count). The number of anilines is 1. The minimum Gasteiger partial charge on any atom is -0.376 e. The van der Waals surface area contributed by atoms with Gasteiger partial charge in [0.05, 0.1) is 17.5 Å². The van der Waals surface area contributed by atoms with Gasteiger partial charge in [0, 0.05) is 18.8 Å². The van der Waals surface area contributed by atoms with Crippen molar-refractivity contribution in [3.8, 4) is 6.07 Å². The first-order valence-corrected chi connectivity index (χ1v) is 11.9. The van der Waals surface area contributed by atoms with Crippen molar-refractivity contribution in [3.63, 3.8) is 0 Å². The van der Waals surface area contributed by atoms with Crippen molar-refractivity contribution in [2.45, 2.75) is 68.7 Å². The molecule has 7 nitrogen and oxygen atoms in total. The lowest BCUT2D eigenvalue weighted by atomic mass is 9.83. The average Bonchev–Trinajstić information content (AvgIpc) is 2.74. The molecule has 1 saturated carbocycles. The predicted octanol–water partition coefficient (Wildman–Crippen LogP) is 2.92. The zero-order valence-electron chi connectivity index (χ0n) is 17.0. The maximum atomic E-state index is 13.0.